The van der Waals surface area contributed by atoms with Crippen molar-refractivity contribution >= 4 is 45.9 Å². The molecule has 3 aromatic carbocycles. The van der Waals surface area contributed by atoms with Crippen LogP contribution in [0.1, 0.15) is 25.0 Å². The van der Waals surface area contributed by atoms with Gasteiger partial charge in [0.05, 0.1) is 13.2 Å². The summed E-state index contributed by atoms with van der Waals surface area (Å²) in [7, 11) is 0. The summed E-state index contributed by atoms with van der Waals surface area (Å²) >= 11 is 3.96. The number of benzene rings is 3. The molecular weight excluding hydrogens is 563 g/mol. The molecule has 0 aromatic heterocycles. The Kier molecular flexibility index (Phi) is 10.2. The highest BCUT2D eigenvalue weighted by Gasteiger charge is 2.10. The van der Waals surface area contributed by atoms with Crippen LogP contribution in [0.25, 0.3) is 5.57 Å². The molecule has 0 saturated heterocycles. The van der Waals surface area contributed by atoms with E-state index in [1.807, 2.05) is 50.2 Å². The Morgan fingerprint density at radius 1 is 0.882 bits per heavy atom. The summed E-state index contributed by atoms with van der Waals surface area (Å²) in [6.07, 6.45) is 2.21. The van der Waals surface area contributed by atoms with E-state index < -0.39 is 5.97 Å². The Labute approximate surface area is 218 Å². The number of thioether (sulfide) groups is 1. The molecular formula is C27H27IO5S. The van der Waals surface area contributed by atoms with Crippen molar-refractivity contribution in [3.63, 3.8) is 0 Å². The van der Waals surface area contributed by atoms with E-state index in [2.05, 4.69) is 52.9 Å². The summed E-state index contributed by atoms with van der Waals surface area (Å²) in [6.45, 7) is 4.83. The van der Waals surface area contributed by atoms with Gasteiger partial charge in [0, 0.05) is 14.2 Å². The van der Waals surface area contributed by atoms with Crippen LogP contribution in [-0.2, 0) is 4.79 Å². The van der Waals surface area contributed by atoms with Crippen LogP contribution in [0.2, 0.25) is 0 Å². The standard InChI is InChI=1S/C27H27IO5S/c1-3-31-21-9-5-7-19(15-21)24(20-8-6-10-22(16-20)32-4-2)13-14-34-26-12-11-23(17-25(26)28)33-18-27(29)30/h5-13,15-17H,3-4,14,18H2,1-2H3,(H,29,30). The largest absolute Gasteiger partial charge is 0.494 e. The van der Waals surface area contributed by atoms with Crippen LogP contribution in [0.5, 0.6) is 17.2 Å². The number of carboxylic acids is 1. The van der Waals surface area contributed by atoms with Gasteiger partial charge in [-0.3, -0.25) is 0 Å². The molecule has 0 radical (unpaired) electrons. The van der Waals surface area contributed by atoms with E-state index in [4.69, 9.17) is 19.3 Å². The number of aliphatic carboxylic acids is 1. The van der Waals surface area contributed by atoms with E-state index in [0.29, 0.717) is 19.0 Å². The number of ether oxygens (including phenoxy) is 3. The lowest BCUT2D eigenvalue weighted by atomic mass is 9.97. The van der Waals surface area contributed by atoms with Crippen LogP contribution in [0.4, 0.5) is 0 Å². The smallest absolute Gasteiger partial charge is 0.341 e. The Morgan fingerprint density at radius 2 is 1.47 bits per heavy atom. The normalized spacial score (nSPS) is 10.4. The fourth-order valence-corrected chi connectivity index (χ4v) is 5.04. The fourth-order valence-electron chi connectivity index (χ4n) is 3.29. The van der Waals surface area contributed by atoms with Crippen molar-refractivity contribution in [3.8, 4) is 17.2 Å². The SMILES string of the molecule is CCOc1cccc(C(=CCSc2ccc(OCC(=O)O)cc2I)c2cccc(OCC)c2)c1. The molecule has 0 atom stereocenters. The van der Waals surface area contributed by atoms with E-state index in [1.54, 1.807) is 17.8 Å². The molecule has 0 amide bonds. The molecule has 3 aromatic rings. The van der Waals surface area contributed by atoms with Crippen molar-refractivity contribution in [1.82, 2.24) is 0 Å². The van der Waals surface area contributed by atoms with Crippen molar-refractivity contribution in [2.45, 2.75) is 18.7 Å². The molecule has 0 aliphatic rings. The van der Waals surface area contributed by atoms with E-state index in [0.717, 1.165) is 42.4 Å². The molecule has 5 nitrogen and oxygen atoms in total. The first kappa shape index (κ1) is 26.0. The second-order valence-electron chi connectivity index (χ2n) is 7.13. The van der Waals surface area contributed by atoms with Crippen LogP contribution in [0.15, 0.2) is 77.7 Å². The predicted octanol–water partition coefficient (Wildman–Crippen LogP) is 6.78. The number of carbonyl (C=O) groups is 1. The third-order valence-corrected chi connectivity index (χ3v) is 6.96. The minimum atomic E-state index is -0.993. The average molecular weight is 590 g/mol. The summed E-state index contributed by atoms with van der Waals surface area (Å²) < 4.78 is 17.7. The summed E-state index contributed by atoms with van der Waals surface area (Å²) in [6, 6.07) is 21.9. The molecule has 0 fully saturated rings. The predicted molar refractivity (Wildman–Crippen MR) is 145 cm³/mol. The third-order valence-electron chi connectivity index (χ3n) is 4.70. The van der Waals surface area contributed by atoms with Crippen molar-refractivity contribution in [2.75, 3.05) is 25.6 Å². The topological polar surface area (TPSA) is 65.0 Å². The minimum Gasteiger partial charge on any atom is -0.494 e. The van der Waals surface area contributed by atoms with Gasteiger partial charge in [0.1, 0.15) is 17.2 Å². The second-order valence-corrected chi connectivity index (χ2v) is 9.35. The van der Waals surface area contributed by atoms with Crippen LogP contribution in [-0.4, -0.2) is 36.6 Å². The highest BCUT2D eigenvalue weighted by atomic mass is 127. The number of hydrogen-bond acceptors (Lipinski definition) is 5. The Morgan fingerprint density at radius 3 is 2.00 bits per heavy atom. The first-order valence-corrected chi connectivity index (χ1v) is 13.0. The zero-order valence-electron chi connectivity index (χ0n) is 19.1. The maximum Gasteiger partial charge on any atom is 0.341 e. The van der Waals surface area contributed by atoms with E-state index in [-0.39, 0.29) is 6.61 Å². The van der Waals surface area contributed by atoms with E-state index in [1.165, 1.54) is 0 Å². The molecule has 0 heterocycles. The summed E-state index contributed by atoms with van der Waals surface area (Å²) in [5, 5.41) is 8.80. The van der Waals surface area contributed by atoms with Gasteiger partial charge in [-0.1, -0.05) is 30.3 Å². The molecule has 0 spiro atoms. The van der Waals surface area contributed by atoms with Crippen LogP contribution in [0, 0.1) is 3.57 Å². The Balaban J connectivity index is 1.85. The lowest BCUT2D eigenvalue weighted by molar-refractivity contribution is -0.139. The summed E-state index contributed by atoms with van der Waals surface area (Å²) in [5.74, 6) is 1.98. The molecule has 0 saturated carbocycles. The monoisotopic (exact) mass is 590 g/mol. The van der Waals surface area contributed by atoms with Gasteiger partial charge < -0.3 is 19.3 Å². The van der Waals surface area contributed by atoms with Gasteiger partial charge in [0.15, 0.2) is 6.61 Å². The molecule has 0 aliphatic carbocycles. The fraction of sp³-hybridized carbons (Fsp3) is 0.222. The van der Waals surface area contributed by atoms with Crippen LogP contribution < -0.4 is 14.2 Å². The maximum atomic E-state index is 10.7. The molecule has 178 valence electrons. The van der Waals surface area contributed by atoms with Gasteiger partial charge in [0.2, 0.25) is 0 Å². The molecule has 7 heteroatoms. The molecule has 3 rings (SSSR count). The maximum absolute atomic E-state index is 10.7. The van der Waals surface area contributed by atoms with Gasteiger partial charge in [-0.05, 0) is 95.6 Å². The number of halogens is 1. The van der Waals surface area contributed by atoms with Gasteiger partial charge in [-0.25, -0.2) is 4.79 Å². The molecule has 34 heavy (non-hydrogen) atoms. The van der Waals surface area contributed by atoms with Crippen molar-refractivity contribution in [3.05, 3.63) is 87.5 Å². The van der Waals surface area contributed by atoms with Crippen molar-refractivity contribution in [2.24, 2.45) is 0 Å². The number of carboxylic acid groups (broad SMARTS) is 1. The quantitative estimate of drug-likeness (QED) is 0.186. The lowest BCUT2D eigenvalue weighted by Crippen LogP contribution is -2.09. The summed E-state index contributed by atoms with van der Waals surface area (Å²) in [5.41, 5.74) is 3.26. The average Bonchev–Trinajstić information content (AvgIpc) is 2.82. The van der Waals surface area contributed by atoms with Gasteiger partial charge in [-0.15, -0.1) is 11.8 Å². The number of hydrogen-bond donors (Lipinski definition) is 1. The Hall–Kier alpha value is -2.65. The minimum absolute atomic E-state index is 0.351. The first-order chi connectivity index (χ1) is 16.5. The zero-order chi connectivity index (χ0) is 24.3. The first-order valence-electron chi connectivity index (χ1n) is 10.9. The van der Waals surface area contributed by atoms with Crippen molar-refractivity contribution in [1.29, 1.82) is 0 Å². The Bertz CT molecular complexity index is 1090. The van der Waals surface area contributed by atoms with Gasteiger partial charge in [-0.2, -0.15) is 0 Å². The third kappa shape index (κ3) is 7.70. The molecule has 0 unspecified atom stereocenters. The van der Waals surface area contributed by atoms with Crippen LogP contribution >= 0.6 is 34.4 Å². The second kappa shape index (κ2) is 13.3. The molecule has 0 aliphatic heterocycles. The summed E-state index contributed by atoms with van der Waals surface area (Å²) in [4.78, 5) is 11.8. The van der Waals surface area contributed by atoms with E-state index in [9.17, 15) is 4.79 Å². The van der Waals surface area contributed by atoms with Crippen molar-refractivity contribution < 1.29 is 24.1 Å². The lowest BCUT2D eigenvalue weighted by Gasteiger charge is -2.13. The highest BCUT2D eigenvalue weighted by molar-refractivity contribution is 14.1. The molecule has 1 N–H and O–H groups in total. The highest BCUT2D eigenvalue weighted by Crippen LogP contribution is 2.32. The van der Waals surface area contributed by atoms with Gasteiger partial charge in [0.25, 0.3) is 0 Å². The zero-order valence-corrected chi connectivity index (χ0v) is 22.1. The van der Waals surface area contributed by atoms with E-state index >= 15 is 0 Å². The van der Waals surface area contributed by atoms with Crippen LogP contribution in [0.3, 0.4) is 0 Å². The number of rotatable bonds is 12. The molecule has 0 bridgehead atoms. The van der Waals surface area contributed by atoms with Gasteiger partial charge >= 0.3 is 5.97 Å².